The van der Waals surface area contributed by atoms with E-state index in [1.165, 1.54) is 19.5 Å². The highest BCUT2D eigenvalue weighted by Crippen LogP contribution is 2.11. The number of hydrogen-bond donors (Lipinski definition) is 0. The molecule has 1 nitrogen and oxygen atoms in total. The van der Waals surface area contributed by atoms with Crippen LogP contribution in [0.1, 0.15) is 20.8 Å². The van der Waals surface area contributed by atoms with Crippen molar-refractivity contribution in [2.45, 2.75) is 20.8 Å². The van der Waals surface area contributed by atoms with Crippen LogP contribution in [0, 0.1) is 5.92 Å². The molecule has 1 rings (SSSR count). The molecule has 1 aliphatic heterocycles. The maximum absolute atomic E-state index is 2.38. The summed E-state index contributed by atoms with van der Waals surface area (Å²) in [5, 5.41) is 0. The standard InChI is InChI=1S/C6H13N.CH4/c1-6-3-4-7(2)5-6;/h6H,3-5H2,1-2H3;1H4. The second-order valence-corrected chi connectivity index (χ2v) is 2.66. The number of rotatable bonds is 0. The Morgan fingerprint density at radius 3 is 2.25 bits per heavy atom. The Bertz CT molecular complexity index is 53.4. The summed E-state index contributed by atoms with van der Waals surface area (Å²) in [7, 11) is 2.18. The Balaban J connectivity index is 0.000000490. The Morgan fingerprint density at radius 1 is 1.50 bits per heavy atom. The molecule has 0 bridgehead atoms. The number of hydrogen-bond acceptors (Lipinski definition) is 1. The quantitative estimate of drug-likeness (QED) is 0.463. The Kier molecular flexibility index (Phi) is 3.06. The van der Waals surface area contributed by atoms with Crippen molar-refractivity contribution >= 4 is 0 Å². The van der Waals surface area contributed by atoms with Gasteiger partial charge in [0.15, 0.2) is 0 Å². The van der Waals surface area contributed by atoms with Crippen LogP contribution in [0.4, 0.5) is 0 Å². The maximum Gasteiger partial charge on any atom is 0.000445 e. The smallest absolute Gasteiger partial charge is 0.000445 e. The van der Waals surface area contributed by atoms with Gasteiger partial charge in [0.1, 0.15) is 0 Å². The molecule has 0 spiro atoms. The lowest BCUT2D eigenvalue weighted by molar-refractivity contribution is 0.402. The van der Waals surface area contributed by atoms with Crippen LogP contribution in [0.3, 0.4) is 0 Å². The van der Waals surface area contributed by atoms with Crippen LogP contribution in [0.25, 0.3) is 0 Å². The van der Waals surface area contributed by atoms with Gasteiger partial charge < -0.3 is 4.90 Å². The minimum Gasteiger partial charge on any atom is -0.306 e. The lowest BCUT2D eigenvalue weighted by Gasteiger charge is -2.03. The molecule has 0 aromatic rings. The maximum atomic E-state index is 2.38. The third-order valence-corrected chi connectivity index (χ3v) is 1.63. The summed E-state index contributed by atoms with van der Waals surface area (Å²) in [6.07, 6.45) is 1.40. The minimum absolute atomic E-state index is 0. The van der Waals surface area contributed by atoms with E-state index in [0.717, 1.165) is 5.92 Å². The average molecular weight is 115 g/mol. The van der Waals surface area contributed by atoms with Crippen LogP contribution in [0.2, 0.25) is 0 Å². The molecule has 1 unspecified atom stereocenters. The second kappa shape index (κ2) is 3.08. The topological polar surface area (TPSA) is 3.24 Å². The van der Waals surface area contributed by atoms with E-state index in [1.54, 1.807) is 0 Å². The first kappa shape index (κ1) is 7.96. The summed E-state index contributed by atoms with van der Waals surface area (Å²) < 4.78 is 0. The molecule has 0 aromatic carbocycles. The molecule has 0 aliphatic carbocycles. The zero-order valence-corrected chi connectivity index (χ0v) is 5.15. The Hall–Kier alpha value is -0.0400. The van der Waals surface area contributed by atoms with Gasteiger partial charge >= 0.3 is 0 Å². The van der Waals surface area contributed by atoms with Crippen molar-refractivity contribution in [3.63, 3.8) is 0 Å². The van der Waals surface area contributed by atoms with E-state index in [0.29, 0.717) is 0 Å². The van der Waals surface area contributed by atoms with E-state index < -0.39 is 0 Å². The third kappa shape index (κ3) is 1.83. The highest BCUT2D eigenvalue weighted by molar-refractivity contribution is 4.67. The van der Waals surface area contributed by atoms with Gasteiger partial charge in [0.25, 0.3) is 0 Å². The van der Waals surface area contributed by atoms with Crippen molar-refractivity contribution < 1.29 is 0 Å². The summed E-state index contributed by atoms with van der Waals surface area (Å²) in [5.74, 6) is 0.949. The van der Waals surface area contributed by atoms with Gasteiger partial charge in [-0.25, -0.2) is 0 Å². The van der Waals surface area contributed by atoms with Gasteiger partial charge in [-0.3, -0.25) is 0 Å². The summed E-state index contributed by atoms with van der Waals surface area (Å²) in [5.41, 5.74) is 0. The molecule has 0 radical (unpaired) electrons. The molecule has 0 aromatic heterocycles. The van der Waals surface area contributed by atoms with Crippen molar-refractivity contribution in [1.82, 2.24) is 4.90 Å². The molecular weight excluding hydrogens is 98.1 g/mol. The molecular formula is C7H17N. The monoisotopic (exact) mass is 115 g/mol. The molecule has 1 saturated heterocycles. The first-order valence-electron chi connectivity index (χ1n) is 2.97. The van der Waals surface area contributed by atoms with Gasteiger partial charge in [-0.1, -0.05) is 14.4 Å². The minimum atomic E-state index is 0. The fraction of sp³-hybridized carbons (Fsp3) is 1.00. The predicted molar refractivity (Wildman–Crippen MR) is 38.0 cm³/mol. The zero-order chi connectivity index (χ0) is 5.28. The van der Waals surface area contributed by atoms with E-state index in [1.807, 2.05) is 0 Å². The van der Waals surface area contributed by atoms with Crippen molar-refractivity contribution in [2.75, 3.05) is 20.1 Å². The lowest BCUT2D eigenvalue weighted by Crippen LogP contribution is -2.12. The highest BCUT2D eigenvalue weighted by atomic mass is 15.1. The fourth-order valence-corrected chi connectivity index (χ4v) is 1.16. The zero-order valence-electron chi connectivity index (χ0n) is 5.15. The number of nitrogens with zero attached hydrogens (tertiary/aromatic N) is 1. The van der Waals surface area contributed by atoms with Crippen molar-refractivity contribution in [2.24, 2.45) is 5.92 Å². The second-order valence-electron chi connectivity index (χ2n) is 2.66. The highest BCUT2D eigenvalue weighted by Gasteiger charge is 2.13. The van der Waals surface area contributed by atoms with Crippen molar-refractivity contribution in [1.29, 1.82) is 0 Å². The first-order valence-corrected chi connectivity index (χ1v) is 2.97. The normalized spacial score (nSPS) is 30.0. The van der Waals surface area contributed by atoms with Crippen LogP contribution in [0.15, 0.2) is 0 Å². The van der Waals surface area contributed by atoms with E-state index in [4.69, 9.17) is 0 Å². The van der Waals surface area contributed by atoms with Crippen LogP contribution < -0.4 is 0 Å². The first-order chi connectivity index (χ1) is 3.29. The summed E-state index contributed by atoms with van der Waals surface area (Å²) in [4.78, 5) is 2.38. The van der Waals surface area contributed by atoms with Gasteiger partial charge in [0, 0.05) is 6.54 Å². The average Bonchev–Trinajstić information content (AvgIpc) is 1.87. The van der Waals surface area contributed by atoms with Crippen LogP contribution in [-0.4, -0.2) is 25.0 Å². The van der Waals surface area contributed by atoms with E-state index in [9.17, 15) is 0 Å². The van der Waals surface area contributed by atoms with Gasteiger partial charge in [0.2, 0.25) is 0 Å². The molecule has 0 amide bonds. The number of likely N-dealkylation sites (tertiary alicyclic amines) is 1. The van der Waals surface area contributed by atoms with E-state index >= 15 is 0 Å². The molecule has 0 N–H and O–H groups in total. The van der Waals surface area contributed by atoms with Gasteiger partial charge in [-0.05, 0) is 25.9 Å². The lowest BCUT2D eigenvalue weighted by atomic mass is 10.2. The van der Waals surface area contributed by atoms with E-state index in [2.05, 4.69) is 18.9 Å². The van der Waals surface area contributed by atoms with Gasteiger partial charge in [0.05, 0.1) is 0 Å². The molecule has 1 aliphatic rings. The van der Waals surface area contributed by atoms with Gasteiger partial charge in [-0.15, -0.1) is 0 Å². The summed E-state index contributed by atoms with van der Waals surface area (Å²) >= 11 is 0. The Labute approximate surface area is 52.7 Å². The fourth-order valence-electron chi connectivity index (χ4n) is 1.16. The Morgan fingerprint density at radius 2 is 2.12 bits per heavy atom. The third-order valence-electron chi connectivity index (χ3n) is 1.63. The molecule has 0 saturated carbocycles. The SMILES string of the molecule is C.CC1CCN(C)C1. The van der Waals surface area contributed by atoms with Crippen molar-refractivity contribution in [3.05, 3.63) is 0 Å². The predicted octanol–water partition coefficient (Wildman–Crippen LogP) is 1.59. The van der Waals surface area contributed by atoms with Crippen LogP contribution in [0.5, 0.6) is 0 Å². The van der Waals surface area contributed by atoms with Crippen LogP contribution in [-0.2, 0) is 0 Å². The molecule has 50 valence electrons. The molecule has 1 atom stereocenters. The largest absolute Gasteiger partial charge is 0.306 e. The molecule has 1 fully saturated rings. The molecule has 1 heterocycles. The van der Waals surface area contributed by atoms with E-state index in [-0.39, 0.29) is 7.43 Å². The molecule has 1 heteroatoms. The molecule has 8 heavy (non-hydrogen) atoms. The summed E-state index contributed by atoms with van der Waals surface area (Å²) in [6.45, 7) is 4.92. The summed E-state index contributed by atoms with van der Waals surface area (Å²) in [6, 6.07) is 0. The van der Waals surface area contributed by atoms with Gasteiger partial charge in [-0.2, -0.15) is 0 Å². The van der Waals surface area contributed by atoms with Crippen molar-refractivity contribution in [3.8, 4) is 0 Å². The van der Waals surface area contributed by atoms with Crippen LogP contribution >= 0.6 is 0 Å².